The molecule has 0 bridgehead atoms. The summed E-state index contributed by atoms with van der Waals surface area (Å²) in [6.07, 6.45) is 0. The number of aryl methyl sites for hydroxylation is 1. The highest BCUT2D eigenvalue weighted by Crippen LogP contribution is 2.22. The van der Waals surface area contributed by atoms with Crippen molar-refractivity contribution < 1.29 is 14.4 Å². The minimum absolute atomic E-state index is 0.317. The van der Waals surface area contributed by atoms with Crippen LogP contribution in [0.3, 0.4) is 0 Å². The van der Waals surface area contributed by atoms with Gasteiger partial charge in [-0.15, -0.1) is 5.10 Å². The lowest BCUT2D eigenvalue weighted by Crippen LogP contribution is -2.37. The summed E-state index contributed by atoms with van der Waals surface area (Å²) < 4.78 is 1.54. The quantitative estimate of drug-likeness (QED) is 0.696. The second-order valence-electron chi connectivity index (χ2n) is 5.99. The van der Waals surface area contributed by atoms with Crippen molar-refractivity contribution in [1.29, 1.82) is 0 Å². The Kier molecular flexibility index (Phi) is 3.96. The summed E-state index contributed by atoms with van der Waals surface area (Å²) >= 11 is 0. The standard InChI is InChI=1S/C18H14N6O3/c1-23-16(20-21-22-23)11-6-8-12(9-7-11)19-15(25)10-24-17(26)13-4-2-3-5-14(13)18(24)27/h2-9H,10H2,1H3,(H,19,25). The third-order valence-corrected chi connectivity index (χ3v) is 4.23. The van der Waals surface area contributed by atoms with E-state index >= 15 is 0 Å². The molecule has 134 valence electrons. The molecule has 0 radical (unpaired) electrons. The summed E-state index contributed by atoms with van der Waals surface area (Å²) in [6, 6.07) is 13.5. The van der Waals surface area contributed by atoms with Gasteiger partial charge in [0.25, 0.3) is 11.8 Å². The smallest absolute Gasteiger partial charge is 0.262 e. The second-order valence-corrected chi connectivity index (χ2v) is 5.99. The summed E-state index contributed by atoms with van der Waals surface area (Å²) in [7, 11) is 1.73. The van der Waals surface area contributed by atoms with Crippen molar-refractivity contribution in [3.8, 4) is 11.4 Å². The first-order valence-electron chi connectivity index (χ1n) is 8.12. The van der Waals surface area contributed by atoms with Gasteiger partial charge in [-0.2, -0.15) is 0 Å². The Balaban J connectivity index is 1.44. The highest BCUT2D eigenvalue weighted by atomic mass is 16.2. The molecule has 27 heavy (non-hydrogen) atoms. The molecule has 0 saturated heterocycles. The van der Waals surface area contributed by atoms with E-state index in [0.29, 0.717) is 22.6 Å². The summed E-state index contributed by atoms with van der Waals surface area (Å²) in [5.74, 6) is -0.789. The maximum Gasteiger partial charge on any atom is 0.262 e. The number of benzene rings is 2. The number of nitrogens with one attached hydrogen (secondary N) is 1. The molecule has 1 N–H and O–H groups in total. The predicted molar refractivity (Wildman–Crippen MR) is 94.7 cm³/mol. The number of aromatic nitrogens is 4. The Hall–Kier alpha value is -3.88. The van der Waals surface area contributed by atoms with E-state index in [0.717, 1.165) is 10.5 Å². The van der Waals surface area contributed by atoms with E-state index < -0.39 is 17.7 Å². The molecule has 2 heterocycles. The van der Waals surface area contributed by atoms with E-state index in [1.807, 2.05) is 0 Å². The normalized spacial score (nSPS) is 13.0. The van der Waals surface area contributed by atoms with E-state index in [9.17, 15) is 14.4 Å². The van der Waals surface area contributed by atoms with Crippen LogP contribution in [0.4, 0.5) is 5.69 Å². The lowest BCUT2D eigenvalue weighted by molar-refractivity contribution is -0.116. The zero-order valence-corrected chi connectivity index (χ0v) is 14.3. The highest BCUT2D eigenvalue weighted by molar-refractivity contribution is 6.22. The molecule has 3 amide bonds. The predicted octanol–water partition coefficient (Wildman–Crippen LogP) is 1.11. The number of nitrogens with zero attached hydrogens (tertiary/aromatic N) is 5. The Morgan fingerprint density at radius 1 is 1.00 bits per heavy atom. The first-order chi connectivity index (χ1) is 13.0. The fourth-order valence-corrected chi connectivity index (χ4v) is 2.90. The van der Waals surface area contributed by atoms with Crippen molar-refractivity contribution in [1.82, 2.24) is 25.1 Å². The molecule has 1 aliphatic rings. The van der Waals surface area contributed by atoms with Crippen molar-refractivity contribution in [3.63, 3.8) is 0 Å². The van der Waals surface area contributed by atoms with Crippen LogP contribution in [-0.4, -0.2) is 49.4 Å². The van der Waals surface area contributed by atoms with Crippen molar-refractivity contribution in [2.75, 3.05) is 11.9 Å². The zero-order chi connectivity index (χ0) is 19.0. The molecule has 9 heteroatoms. The van der Waals surface area contributed by atoms with E-state index in [-0.39, 0.29) is 6.54 Å². The van der Waals surface area contributed by atoms with Crippen molar-refractivity contribution in [3.05, 3.63) is 59.7 Å². The average Bonchev–Trinajstić information content (AvgIpc) is 3.20. The van der Waals surface area contributed by atoms with Gasteiger partial charge < -0.3 is 5.32 Å². The Bertz CT molecular complexity index is 1020. The average molecular weight is 362 g/mol. The van der Waals surface area contributed by atoms with E-state index in [2.05, 4.69) is 20.8 Å². The van der Waals surface area contributed by atoms with Crippen molar-refractivity contribution in [2.24, 2.45) is 7.05 Å². The molecule has 0 unspecified atom stereocenters. The van der Waals surface area contributed by atoms with Crippen LogP contribution in [0.5, 0.6) is 0 Å². The molecule has 1 aromatic heterocycles. The van der Waals surface area contributed by atoms with Crippen LogP contribution in [-0.2, 0) is 11.8 Å². The molecule has 1 aliphatic heterocycles. The minimum atomic E-state index is -0.462. The Labute approximate surface area is 153 Å². The summed E-state index contributed by atoms with van der Waals surface area (Å²) in [5.41, 5.74) is 1.96. The molecule has 0 aliphatic carbocycles. The van der Waals surface area contributed by atoms with E-state index in [4.69, 9.17) is 0 Å². The number of anilines is 1. The van der Waals surface area contributed by atoms with Gasteiger partial charge >= 0.3 is 0 Å². The van der Waals surface area contributed by atoms with Gasteiger partial charge in [-0.3, -0.25) is 19.3 Å². The molecule has 3 aromatic rings. The van der Waals surface area contributed by atoms with Gasteiger partial charge in [0.2, 0.25) is 5.91 Å². The van der Waals surface area contributed by atoms with Gasteiger partial charge in [0, 0.05) is 18.3 Å². The molecule has 0 spiro atoms. The fourth-order valence-electron chi connectivity index (χ4n) is 2.90. The summed E-state index contributed by atoms with van der Waals surface area (Å²) in [4.78, 5) is 37.8. The lowest BCUT2D eigenvalue weighted by atomic mass is 10.1. The maximum atomic E-state index is 12.3. The van der Waals surface area contributed by atoms with Gasteiger partial charge in [-0.25, -0.2) is 4.68 Å². The van der Waals surface area contributed by atoms with Crippen LogP contribution < -0.4 is 5.32 Å². The van der Waals surface area contributed by atoms with E-state index in [1.54, 1.807) is 55.6 Å². The zero-order valence-electron chi connectivity index (χ0n) is 14.3. The summed E-state index contributed by atoms with van der Waals surface area (Å²) in [5, 5.41) is 13.9. The fraction of sp³-hybridized carbons (Fsp3) is 0.111. The third kappa shape index (κ3) is 2.95. The monoisotopic (exact) mass is 362 g/mol. The van der Waals surface area contributed by atoms with Crippen LogP contribution >= 0.6 is 0 Å². The van der Waals surface area contributed by atoms with Crippen molar-refractivity contribution in [2.45, 2.75) is 0 Å². The number of tetrazole rings is 1. The SMILES string of the molecule is Cn1nnnc1-c1ccc(NC(=O)CN2C(=O)c3ccccc3C2=O)cc1. The van der Waals surface area contributed by atoms with Gasteiger partial charge in [0.1, 0.15) is 6.54 Å². The van der Waals surface area contributed by atoms with Gasteiger partial charge in [-0.05, 0) is 46.8 Å². The minimum Gasteiger partial charge on any atom is -0.325 e. The first kappa shape index (κ1) is 16.6. The maximum absolute atomic E-state index is 12.3. The van der Waals surface area contributed by atoms with Crippen LogP contribution in [0.15, 0.2) is 48.5 Å². The van der Waals surface area contributed by atoms with Crippen LogP contribution in [0.25, 0.3) is 11.4 Å². The van der Waals surface area contributed by atoms with E-state index in [1.165, 1.54) is 4.68 Å². The number of imide groups is 1. The Morgan fingerprint density at radius 2 is 1.63 bits per heavy atom. The molecular weight excluding hydrogens is 348 g/mol. The highest BCUT2D eigenvalue weighted by Gasteiger charge is 2.36. The lowest BCUT2D eigenvalue weighted by Gasteiger charge is -2.13. The largest absolute Gasteiger partial charge is 0.325 e. The number of rotatable bonds is 4. The Morgan fingerprint density at radius 3 is 2.19 bits per heavy atom. The molecule has 0 saturated carbocycles. The number of hydrogen-bond acceptors (Lipinski definition) is 6. The topological polar surface area (TPSA) is 110 Å². The second kappa shape index (κ2) is 6.45. The van der Waals surface area contributed by atoms with Gasteiger partial charge in [-0.1, -0.05) is 12.1 Å². The molecule has 2 aromatic carbocycles. The molecule has 9 nitrogen and oxygen atoms in total. The van der Waals surface area contributed by atoms with Gasteiger partial charge in [0.15, 0.2) is 5.82 Å². The third-order valence-electron chi connectivity index (χ3n) is 4.23. The number of fused-ring (bicyclic) bond motifs is 1. The van der Waals surface area contributed by atoms with Crippen LogP contribution in [0.1, 0.15) is 20.7 Å². The van der Waals surface area contributed by atoms with Crippen molar-refractivity contribution >= 4 is 23.4 Å². The number of amides is 3. The number of hydrogen-bond donors (Lipinski definition) is 1. The molecular formula is C18H14N6O3. The first-order valence-corrected chi connectivity index (χ1v) is 8.12. The molecule has 0 atom stereocenters. The molecule has 4 rings (SSSR count). The molecule has 0 fully saturated rings. The summed E-state index contributed by atoms with van der Waals surface area (Å²) in [6.45, 7) is -0.346. The van der Waals surface area contributed by atoms with Crippen LogP contribution in [0, 0.1) is 0 Å². The van der Waals surface area contributed by atoms with Gasteiger partial charge in [0.05, 0.1) is 11.1 Å². The van der Waals surface area contributed by atoms with Crippen LogP contribution in [0.2, 0.25) is 0 Å². The number of carbonyl (C=O) groups is 3. The number of carbonyl (C=O) groups excluding carboxylic acids is 3.